The molecule has 0 amide bonds. The van der Waals surface area contributed by atoms with E-state index >= 15 is 0 Å². The Morgan fingerprint density at radius 3 is 2.53 bits per heavy atom. The minimum Gasteiger partial charge on any atom is -0.339 e. The van der Waals surface area contributed by atoms with E-state index in [4.69, 9.17) is 0 Å². The highest BCUT2D eigenvalue weighted by atomic mass is 32.2. The van der Waals surface area contributed by atoms with Crippen molar-refractivity contribution in [1.82, 2.24) is 4.72 Å². The molecule has 1 heterocycles. The number of hydrogen-bond donors (Lipinski definition) is 2. The maximum absolute atomic E-state index is 11.9. The van der Waals surface area contributed by atoms with Crippen molar-refractivity contribution < 1.29 is 13.3 Å². The van der Waals surface area contributed by atoms with Gasteiger partial charge in [-0.3, -0.25) is 0 Å². The Bertz CT molecular complexity index is 436. The van der Waals surface area contributed by atoms with Gasteiger partial charge in [-0.1, -0.05) is 19.9 Å². The van der Waals surface area contributed by atoms with Gasteiger partial charge in [0.25, 0.3) is 0 Å². The molecule has 0 aliphatic rings. The van der Waals surface area contributed by atoms with Crippen LogP contribution in [0.5, 0.6) is 0 Å². The SMILES string of the molecule is C[NH+](C)CC(C)(C)CNS(=O)(=O)c1cccs1. The van der Waals surface area contributed by atoms with Crippen molar-refractivity contribution in [2.75, 3.05) is 27.2 Å². The summed E-state index contributed by atoms with van der Waals surface area (Å²) in [7, 11) is 0.803. The number of thiophene rings is 1. The monoisotopic (exact) mass is 277 g/mol. The van der Waals surface area contributed by atoms with Gasteiger partial charge in [0.2, 0.25) is 10.0 Å². The van der Waals surface area contributed by atoms with Crippen LogP contribution in [0.4, 0.5) is 0 Å². The molecule has 0 aromatic carbocycles. The van der Waals surface area contributed by atoms with Crippen LogP contribution in [0.1, 0.15) is 13.8 Å². The molecule has 0 atom stereocenters. The molecular weight excluding hydrogens is 256 g/mol. The van der Waals surface area contributed by atoms with Gasteiger partial charge in [-0.15, -0.1) is 11.3 Å². The molecule has 0 bridgehead atoms. The van der Waals surface area contributed by atoms with Crippen molar-refractivity contribution in [2.24, 2.45) is 5.41 Å². The number of sulfonamides is 1. The van der Waals surface area contributed by atoms with Crippen LogP contribution in [0.25, 0.3) is 0 Å². The second-order valence-corrected chi connectivity index (χ2v) is 8.25. The number of hydrogen-bond acceptors (Lipinski definition) is 3. The molecule has 1 rings (SSSR count). The summed E-state index contributed by atoms with van der Waals surface area (Å²) < 4.78 is 26.9. The van der Waals surface area contributed by atoms with Crippen LogP contribution in [0.3, 0.4) is 0 Å². The average molecular weight is 277 g/mol. The lowest BCUT2D eigenvalue weighted by molar-refractivity contribution is -0.865. The van der Waals surface area contributed by atoms with Crippen LogP contribution in [0.15, 0.2) is 21.7 Å². The Morgan fingerprint density at radius 2 is 2.06 bits per heavy atom. The summed E-state index contributed by atoms with van der Waals surface area (Å²) >= 11 is 1.24. The van der Waals surface area contributed by atoms with Gasteiger partial charge >= 0.3 is 0 Å². The third-order valence-corrected chi connectivity index (χ3v) is 5.13. The summed E-state index contributed by atoms with van der Waals surface area (Å²) in [4.78, 5) is 1.31. The molecule has 6 heteroatoms. The summed E-state index contributed by atoms with van der Waals surface area (Å²) in [6.45, 7) is 5.51. The minimum absolute atomic E-state index is 0.0524. The molecule has 0 aliphatic carbocycles. The number of rotatable bonds is 6. The van der Waals surface area contributed by atoms with E-state index in [9.17, 15) is 8.42 Å². The fraction of sp³-hybridized carbons (Fsp3) is 0.636. The van der Waals surface area contributed by atoms with E-state index in [1.807, 2.05) is 0 Å². The van der Waals surface area contributed by atoms with Crippen molar-refractivity contribution in [2.45, 2.75) is 18.1 Å². The highest BCUT2D eigenvalue weighted by molar-refractivity contribution is 7.91. The van der Waals surface area contributed by atoms with Crippen molar-refractivity contribution in [3.8, 4) is 0 Å². The molecule has 98 valence electrons. The Labute approximate surface area is 108 Å². The molecule has 17 heavy (non-hydrogen) atoms. The minimum atomic E-state index is -3.33. The third kappa shape index (κ3) is 4.75. The fourth-order valence-corrected chi connectivity index (χ4v) is 4.08. The van der Waals surface area contributed by atoms with Gasteiger partial charge in [-0.2, -0.15) is 0 Å². The van der Waals surface area contributed by atoms with Crippen LogP contribution in [-0.2, 0) is 10.0 Å². The van der Waals surface area contributed by atoms with Crippen molar-refractivity contribution in [3.63, 3.8) is 0 Å². The summed E-state index contributed by atoms with van der Waals surface area (Å²) in [5.74, 6) is 0. The molecule has 0 fully saturated rings. The standard InChI is InChI=1S/C11H20N2O2S2/c1-11(2,9-13(3)4)8-12-17(14,15)10-6-5-7-16-10/h5-7,12H,8-9H2,1-4H3/p+1. The molecule has 0 saturated carbocycles. The van der Waals surface area contributed by atoms with Gasteiger partial charge in [0, 0.05) is 12.0 Å². The van der Waals surface area contributed by atoms with Crippen molar-refractivity contribution in [3.05, 3.63) is 17.5 Å². The Hall–Kier alpha value is -0.430. The maximum atomic E-state index is 11.9. The first kappa shape index (κ1) is 14.6. The molecule has 2 N–H and O–H groups in total. The van der Waals surface area contributed by atoms with Gasteiger partial charge in [0.15, 0.2) is 0 Å². The molecule has 0 aliphatic heterocycles. The molecule has 1 aromatic rings. The van der Waals surface area contributed by atoms with E-state index in [1.165, 1.54) is 16.2 Å². The normalized spacial score (nSPS) is 13.2. The Kier molecular flexibility index (Phi) is 4.71. The topological polar surface area (TPSA) is 50.6 Å². The van der Waals surface area contributed by atoms with Gasteiger partial charge < -0.3 is 4.90 Å². The lowest BCUT2D eigenvalue weighted by atomic mass is 9.93. The van der Waals surface area contributed by atoms with Crippen molar-refractivity contribution in [1.29, 1.82) is 0 Å². The maximum Gasteiger partial charge on any atom is 0.250 e. The zero-order chi connectivity index (χ0) is 13.1. The van der Waals surface area contributed by atoms with E-state index in [-0.39, 0.29) is 5.41 Å². The predicted molar refractivity (Wildman–Crippen MR) is 71.0 cm³/mol. The van der Waals surface area contributed by atoms with E-state index in [0.29, 0.717) is 10.8 Å². The zero-order valence-corrected chi connectivity index (χ0v) is 12.4. The molecule has 0 saturated heterocycles. The van der Waals surface area contributed by atoms with Gasteiger partial charge in [0.1, 0.15) is 4.21 Å². The third-order valence-electron chi connectivity index (χ3n) is 2.33. The summed E-state index contributed by atoms with van der Waals surface area (Å²) in [6.07, 6.45) is 0. The predicted octanol–water partition coefficient (Wildman–Crippen LogP) is 0.197. The van der Waals surface area contributed by atoms with Crippen LogP contribution >= 0.6 is 11.3 Å². The average Bonchev–Trinajstić information content (AvgIpc) is 2.66. The number of nitrogens with one attached hydrogen (secondary N) is 2. The van der Waals surface area contributed by atoms with Gasteiger partial charge in [-0.05, 0) is 11.4 Å². The molecule has 0 spiro atoms. The lowest BCUT2D eigenvalue weighted by Crippen LogP contribution is -3.07. The fourth-order valence-electron chi connectivity index (χ4n) is 1.80. The molecule has 0 radical (unpaired) electrons. The van der Waals surface area contributed by atoms with E-state index < -0.39 is 10.0 Å². The van der Waals surface area contributed by atoms with Gasteiger partial charge in [-0.25, -0.2) is 13.1 Å². The quantitative estimate of drug-likeness (QED) is 0.780. The number of quaternary nitrogens is 1. The summed E-state index contributed by atoms with van der Waals surface area (Å²) in [6, 6.07) is 3.37. The van der Waals surface area contributed by atoms with Crippen LogP contribution in [-0.4, -0.2) is 35.6 Å². The smallest absolute Gasteiger partial charge is 0.250 e. The molecule has 4 nitrogen and oxygen atoms in total. The lowest BCUT2D eigenvalue weighted by Gasteiger charge is -2.25. The first-order chi connectivity index (χ1) is 7.73. The Morgan fingerprint density at radius 1 is 1.41 bits per heavy atom. The van der Waals surface area contributed by atoms with E-state index in [1.54, 1.807) is 17.5 Å². The Balaban J connectivity index is 2.62. The van der Waals surface area contributed by atoms with Crippen LogP contribution < -0.4 is 9.62 Å². The van der Waals surface area contributed by atoms with E-state index in [2.05, 4.69) is 32.7 Å². The first-order valence-electron chi connectivity index (χ1n) is 5.55. The first-order valence-corrected chi connectivity index (χ1v) is 7.91. The van der Waals surface area contributed by atoms with Crippen LogP contribution in [0, 0.1) is 5.41 Å². The molecular formula is C11H21N2O2S2+. The second kappa shape index (κ2) is 5.48. The second-order valence-electron chi connectivity index (χ2n) is 5.30. The highest BCUT2D eigenvalue weighted by Crippen LogP contribution is 2.17. The van der Waals surface area contributed by atoms with E-state index in [0.717, 1.165) is 6.54 Å². The molecule has 0 unspecified atom stereocenters. The largest absolute Gasteiger partial charge is 0.339 e. The van der Waals surface area contributed by atoms with Gasteiger partial charge in [0.05, 0.1) is 20.6 Å². The summed E-state index contributed by atoms with van der Waals surface area (Å²) in [5.41, 5.74) is -0.0524. The zero-order valence-electron chi connectivity index (χ0n) is 10.8. The molecule has 1 aromatic heterocycles. The highest BCUT2D eigenvalue weighted by Gasteiger charge is 2.25. The van der Waals surface area contributed by atoms with Crippen molar-refractivity contribution >= 4 is 21.4 Å². The summed E-state index contributed by atoms with van der Waals surface area (Å²) in [5, 5.41) is 1.77. The van der Waals surface area contributed by atoms with Crippen LogP contribution in [0.2, 0.25) is 0 Å².